The molecule has 1 spiro atoms. The van der Waals surface area contributed by atoms with Crippen LogP contribution in [0.25, 0.3) is 0 Å². The number of carbonyl (C=O) groups is 1. The summed E-state index contributed by atoms with van der Waals surface area (Å²) in [4.78, 5) is 16.7. The highest BCUT2D eigenvalue weighted by atomic mass is 127. The zero-order valence-corrected chi connectivity index (χ0v) is 27.8. The Morgan fingerprint density at radius 1 is 1.09 bits per heavy atom. The van der Waals surface area contributed by atoms with Crippen LogP contribution < -0.4 is 9.64 Å². The quantitative estimate of drug-likeness (QED) is 0.207. The Hall–Kier alpha value is -3.28. The number of benzene rings is 3. The smallest absolute Gasteiger partial charge is 0.264 e. The number of para-hydroxylation sites is 1. The van der Waals surface area contributed by atoms with Crippen molar-refractivity contribution in [2.45, 2.75) is 63.8 Å². The first-order valence-electron chi connectivity index (χ1n) is 15.2. The van der Waals surface area contributed by atoms with Crippen LogP contribution in [0.3, 0.4) is 0 Å². The number of nitrogens with zero attached hydrogens (tertiary/aromatic N) is 4. The highest BCUT2D eigenvalue weighted by Crippen LogP contribution is 2.59. The summed E-state index contributed by atoms with van der Waals surface area (Å²) in [5.41, 5.74) is 3.41. The molecule has 3 heterocycles. The number of hydrogen-bond acceptors (Lipinski definition) is 6. The monoisotopic (exact) mass is 706 g/mol. The van der Waals surface area contributed by atoms with Crippen molar-refractivity contribution in [2.24, 2.45) is 11.8 Å². The van der Waals surface area contributed by atoms with Crippen molar-refractivity contribution in [3.63, 3.8) is 0 Å². The molecule has 0 saturated carbocycles. The van der Waals surface area contributed by atoms with Gasteiger partial charge in [0.1, 0.15) is 5.75 Å². The Morgan fingerprint density at radius 2 is 1.86 bits per heavy atom. The Morgan fingerprint density at radius 3 is 2.59 bits per heavy atom. The number of rotatable bonds is 10. The van der Waals surface area contributed by atoms with E-state index in [-0.39, 0.29) is 35.9 Å². The molecule has 2 aliphatic heterocycles. The fourth-order valence-electron chi connectivity index (χ4n) is 7.45. The third-order valence-electron chi connectivity index (χ3n) is 9.57. The molecule has 0 aliphatic carbocycles. The number of aliphatic hydroxyl groups excluding tert-OH is 1. The maximum absolute atomic E-state index is 14.8. The second-order valence-corrected chi connectivity index (χ2v) is 13.7. The van der Waals surface area contributed by atoms with Gasteiger partial charge in [-0.25, -0.2) is 0 Å². The largest absolute Gasteiger partial charge is 0.497 e. The van der Waals surface area contributed by atoms with E-state index in [4.69, 9.17) is 9.47 Å². The van der Waals surface area contributed by atoms with Gasteiger partial charge < -0.3 is 19.5 Å². The zero-order chi connectivity index (χ0) is 31.1. The SMILES string of the molecule is COc1ccc(C(C)(C)[C@@H]2[C@@H](CCn3cc(CCO)nn3)O[C@]3(C(=O)N(Cc4cccc(I)c4)c4ccccc43)[C@H]2C)cc1. The number of fused-ring (bicyclic) bond motifs is 2. The Balaban J connectivity index is 1.40. The van der Waals surface area contributed by atoms with E-state index >= 15 is 0 Å². The lowest BCUT2D eigenvalue weighted by Crippen LogP contribution is -2.45. The first-order chi connectivity index (χ1) is 21.2. The van der Waals surface area contributed by atoms with Gasteiger partial charge in [-0.05, 0) is 75.9 Å². The Labute approximate surface area is 272 Å². The molecule has 230 valence electrons. The fraction of sp³-hybridized carbons (Fsp3) is 0.400. The molecular weight excluding hydrogens is 667 g/mol. The summed E-state index contributed by atoms with van der Waals surface area (Å²) in [5, 5.41) is 17.8. The lowest BCUT2D eigenvalue weighted by Gasteiger charge is -2.38. The van der Waals surface area contributed by atoms with Crippen LogP contribution in [0, 0.1) is 15.4 Å². The highest BCUT2D eigenvalue weighted by Gasteiger charge is 2.65. The van der Waals surface area contributed by atoms with Crippen LogP contribution in [0.1, 0.15) is 49.6 Å². The molecule has 4 atom stereocenters. The number of aliphatic hydroxyl groups is 1. The lowest BCUT2D eigenvalue weighted by molar-refractivity contribution is -0.146. The molecule has 1 fully saturated rings. The Bertz CT molecular complexity index is 1640. The van der Waals surface area contributed by atoms with Gasteiger partial charge >= 0.3 is 0 Å². The molecular formula is C35H39IN4O4. The number of carbonyl (C=O) groups excluding carboxylic acids is 1. The number of hydrogen-bond donors (Lipinski definition) is 1. The molecule has 6 rings (SSSR count). The van der Waals surface area contributed by atoms with E-state index in [0.717, 1.165) is 31.8 Å². The van der Waals surface area contributed by atoms with Crippen LogP contribution in [0.15, 0.2) is 79.0 Å². The second-order valence-electron chi connectivity index (χ2n) is 12.4. The van der Waals surface area contributed by atoms with Gasteiger partial charge in [0.15, 0.2) is 5.60 Å². The highest BCUT2D eigenvalue weighted by molar-refractivity contribution is 14.1. The van der Waals surface area contributed by atoms with Crippen LogP contribution in [-0.4, -0.2) is 45.8 Å². The number of amides is 1. The van der Waals surface area contributed by atoms with Gasteiger partial charge in [0.05, 0.1) is 31.1 Å². The van der Waals surface area contributed by atoms with E-state index in [1.165, 1.54) is 5.56 Å². The zero-order valence-electron chi connectivity index (χ0n) is 25.6. The van der Waals surface area contributed by atoms with Crippen molar-refractivity contribution < 1.29 is 19.4 Å². The molecule has 44 heavy (non-hydrogen) atoms. The van der Waals surface area contributed by atoms with Gasteiger partial charge in [-0.1, -0.05) is 68.4 Å². The van der Waals surface area contributed by atoms with Gasteiger partial charge in [0, 0.05) is 46.7 Å². The fourth-order valence-corrected chi connectivity index (χ4v) is 8.06. The summed E-state index contributed by atoms with van der Waals surface area (Å²) < 4.78 is 15.6. The minimum atomic E-state index is -1.11. The summed E-state index contributed by atoms with van der Waals surface area (Å²) in [6.45, 7) is 7.80. The molecule has 1 saturated heterocycles. The van der Waals surface area contributed by atoms with Crippen molar-refractivity contribution in [1.29, 1.82) is 0 Å². The van der Waals surface area contributed by atoms with Gasteiger partial charge in [-0.2, -0.15) is 0 Å². The first-order valence-corrected chi connectivity index (χ1v) is 16.2. The van der Waals surface area contributed by atoms with Gasteiger partial charge in [0.2, 0.25) is 0 Å². The molecule has 8 nitrogen and oxygen atoms in total. The molecule has 0 radical (unpaired) electrons. The molecule has 1 amide bonds. The standard InChI is InChI=1S/C35H39IN4O4/c1-23-32(34(2,3)25-12-14-28(43-4)15-13-25)31(16-18-39-22-27(17-19-41)37-38-39)44-35(23)29-10-5-6-11-30(29)40(33(35)42)21-24-8-7-9-26(36)20-24/h5-15,20,22-23,31-32,41H,16-19,21H2,1-4H3/t23-,31+,32-,35+/m0/s1. The van der Waals surface area contributed by atoms with Crippen molar-refractivity contribution in [1.82, 2.24) is 15.0 Å². The van der Waals surface area contributed by atoms with Crippen molar-refractivity contribution in [2.75, 3.05) is 18.6 Å². The molecule has 4 aromatic rings. The number of aromatic nitrogens is 3. The predicted molar refractivity (Wildman–Crippen MR) is 177 cm³/mol. The van der Waals surface area contributed by atoms with Crippen LogP contribution in [-0.2, 0) is 40.1 Å². The first kappa shape index (κ1) is 30.7. The minimum Gasteiger partial charge on any atom is -0.497 e. The predicted octanol–water partition coefficient (Wildman–Crippen LogP) is 5.89. The normalized spacial score (nSPS) is 23.0. The summed E-state index contributed by atoms with van der Waals surface area (Å²) in [5.74, 6) is 0.684. The van der Waals surface area contributed by atoms with E-state index < -0.39 is 5.60 Å². The topological polar surface area (TPSA) is 89.7 Å². The molecule has 0 unspecified atom stereocenters. The van der Waals surface area contributed by atoms with Crippen LogP contribution in [0.4, 0.5) is 5.69 Å². The van der Waals surface area contributed by atoms with E-state index in [2.05, 4.69) is 90.1 Å². The summed E-state index contributed by atoms with van der Waals surface area (Å²) in [6, 6.07) is 24.7. The second kappa shape index (κ2) is 12.3. The number of methoxy groups -OCH3 is 1. The van der Waals surface area contributed by atoms with Gasteiger partial charge in [0.25, 0.3) is 5.91 Å². The summed E-state index contributed by atoms with van der Waals surface area (Å²) >= 11 is 2.32. The summed E-state index contributed by atoms with van der Waals surface area (Å²) in [6.07, 6.45) is 2.77. The van der Waals surface area contributed by atoms with Crippen molar-refractivity contribution in [3.05, 3.63) is 105 Å². The Kier molecular flexibility index (Phi) is 8.56. The molecule has 1 aromatic heterocycles. The van der Waals surface area contributed by atoms with Gasteiger partial charge in [-0.3, -0.25) is 9.48 Å². The van der Waals surface area contributed by atoms with E-state index in [1.54, 1.807) is 7.11 Å². The van der Waals surface area contributed by atoms with E-state index in [1.807, 2.05) is 52.2 Å². The maximum atomic E-state index is 14.8. The molecule has 2 aliphatic rings. The number of aryl methyl sites for hydroxylation is 1. The molecule has 0 bridgehead atoms. The molecule has 3 aromatic carbocycles. The van der Waals surface area contributed by atoms with Gasteiger partial charge in [-0.15, -0.1) is 5.10 Å². The number of ether oxygens (including phenoxy) is 2. The van der Waals surface area contributed by atoms with E-state index in [0.29, 0.717) is 25.9 Å². The third kappa shape index (κ3) is 5.32. The summed E-state index contributed by atoms with van der Waals surface area (Å²) in [7, 11) is 1.67. The van der Waals surface area contributed by atoms with E-state index in [9.17, 15) is 9.90 Å². The van der Waals surface area contributed by atoms with Crippen LogP contribution >= 0.6 is 22.6 Å². The maximum Gasteiger partial charge on any atom is 0.264 e. The van der Waals surface area contributed by atoms with Crippen LogP contribution in [0.2, 0.25) is 0 Å². The average molecular weight is 707 g/mol. The number of halogens is 1. The third-order valence-corrected chi connectivity index (χ3v) is 10.2. The minimum absolute atomic E-state index is 0.00548. The van der Waals surface area contributed by atoms with Crippen molar-refractivity contribution in [3.8, 4) is 5.75 Å². The lowest BCUT2D eigenvalue weighted by atomic mass is 9.63. The molecule has 9 heteroatoms. The van der Waals surface area contributed by atoms with Crippen molar-refractivity contribution >= 4 is 34.2 Å². The number of anilines is 1. The van der Waals surface area contributed by atoms with Crippen LogP contribution in [0.5, 0.6) is 5.75 Å². The average Bonchev–Trinajstić information content (AvgIpc) is 3.67. The molecule has 1 N–H and O–H groups in total.